The van der Waals surface area contributed by atoms with Crippen molar-refractivity contribution in [1.82, 2.24) is 0 Å². The molecule has 1 fully saturated rings. The number of ketones is 1. The molecule has 0 spiro atoms. The second kappa shape index (κ2) is 5.48. The smallest absolute Gasteiger partial charge is 0.330 e. The van der Waals surface area contributed by atoms with Crippen LogP contribution in [0.2, 0.25) is 16.6 Å². The monoisotopic (exact) mass is 306 g/mol. The lowest BCUT2D eigenvalue weighted by Gasteiger charge is -2.57. The Morgan fingerprint density at radius 1 is 1.05 bits per heavy atom. The molecule has 0 bridgehead atoms. The Labute approximate surface area is 122 Å². The van der Waals surface area contributed by atoms with E-state index in [1.807, 2.05) is 41.5 Å². The van der Waals surface area contributed by atoms with Gasteiger partial charge in [-0.2, -0.15) is 8.78 Å². The molecule has 1 aliphatic rings. The lowest BCUT2D eigenvalue weighted by molar-refractivity contribution is -0.181. The van der Waals surface area contributed by atoms with Crippen molar-refractivity contribution in [2.45, 2.75) is 88.6 Å². The van der Waals surface area contributed by atoms with Crippen LogP contribution >= 0.6 is 0 Å². The first-order valence-electron chi connectivity index (χ1n) is 7.59. The maximum absolute atomic E-state index is 14.7. The van der Waals surface area contributed by atoms with Crippen LogP contribution in [0.3, 0.4) is 0 Å². The molecule has 0 aromatic heterocycles. The predicted octanol–water partition coefficient (Wildman–Crippen LogP) is 4.32. The Kier molecular flexibility index (Phi) is 4.87. The minimum atomic E-state index is -3.60. The molecule has 1 N–H and O–H groups in total. The van der Waals surface area contributed by atoms with Gasteiger partial charge in [0.25, 0.3) is 0 Å². The molecule has 5 heteroatoms. The van der Waals surface area contributed by atoms with Crippen LogP contribution in [0.15, 0.2) is 0 Å². The van der Waals surface area contributed by atoms with Gasteiger partial charge in [0, 0.05) is 6.42 Å². The van der Waals surface area contributed by atoms with Crippen LogP contribution in [-0.2, 0) is 4.79 Å². The van der Waals surface area contributed by atoms with E-state index < -0.39 is 25.0 Å². The fourth-order valence-corrected chi connectivity index (χ4v) is 13.1. The summed E-state index contributed by atoms with van der Waals surface area (Å²) in [6, 6.07) is 0. The van der Waals surface area contributed by atoms with Crippen molar-refractivity contribution in [3.8, 4) is 0 Å². The number of alkyl halides is 2. The van der Waals surface area contributed by atoms with Gasteiger partial charge in [-0.1, -0.05) is 41.5 Å². The van der Waals surface area contributed by atoms with Crippen LogP contribution in [0.1, 0.15) is 60.8 Å². The summed E-state index contributed by atoms with van der Waals surface area (Å²) >= 11 is 0. The van der Waals surface area contributed by atoms with E-state index in [0.29, 0.717) is 6.42 Å². The molecule has 118 valence electrons. The van der Waals surface area contributed by atoms with Crippen LogP contribution in [-0.4, -0.2) is 30.1 Å². The first-order valence-corrected chi connectivity index (χ1v) is 9.82. The molecule has 0 aromatic carbocycles. The minimum absolute atomic E-state index is 0.00993. The highest BCUT2D eigenvalue weighted by atomic mass is 28.3. The molecule has 20 heavy (non-hydrogen) atoms. The zero-order valence-electron chi connectivity index (χ0n) is 13.5. The first-order chi connectivity index (χ1) is 8.96. The van der Waals surface area contributed by atoms with Crippen LogP contribution in [0.25, 0.3) is 0 Å². The Morgan fingerprint density at radius 2 is 1.45 bits per heavy atom. The number of carbonyl (C=O) groups is 1. The molecule has 0 saturated heterocycles. The van der Waals surface area contributed by atoms with Crippen molar-refractivity contribution in [2.75, 3.05) is 0 Å². The third-order valence-corrected chi connectivity index (χ3v) is 13.1. The van der Waals surface area contributed by atoms with Gasteiger partial charge >= 0.3 is 5.92 Å². The van der Waals surface area contributed by atoms with Crippen LogP contribution in [0.5, 0.6) is 0 Å². The van der Waals surface area contributed by atoms with Crippen molar-refractivity contribution in [3.63, 3.8) is 0 Å². The van der Waals surface area contributed by atoms with E-state index in [2.05, 4.69) is 0 Å². The fourth-order valence-electron chi connectivity index (χ4n) is 4.97. The highest BCUT2D eigenvalue weighted by molar-refractivity contribution is 6.86. The van der Waals surface area contributed by atoms with Gasteiger partial charge in [-0.05, 0) is 29.5 Å². The van der Waals surface area contributed by atoms with Crippen molar-refractivity contribution < 1.29 is 18.7 Å². The average molecular weight is 306 g/mol. The number of carbonyl (C=O) groups excluding carboxylic acids is 1. The molecule has 1 aliphatic carbocycles. The fraction of sp³-hybridized carbons (Fsp3) is 0.933. The van der Waals surface area contributed by atoms with Crippen molar-refractivity contribution in [1.29, 1.82) is 0 Å². The van der Waals surface area contributed by atoms with E-state index in [9.17, 15) is 18.7 Å². The molecule has 1 unspecified atom stereocenters. The maximum atomic E-state index is 14.7. The van der Waals surface area contributed by atoms with E-state index in [0.717, 1.165) is 0 Å². The number of hydrogen-bond donors (Lipinski definition) is 1. The van der Waals surface area contributed by atoms with Crippen LogP contribution < -0.4 is 0 Å². The third kappa shape index (κ3) is 2.08. The minimum Gasteiger partial charge on any atom is -0.387 e. The van der Waals surface area contributed by atoms with Gasteiger partial charge in [0.15, 0.2) is 0 Å². The molecule has 0 radical (unpaired) electrons. The SMILES string of the molecule is CC(C)[Si](C(C)C)(C(C)C)C1(O)CCCC(=O)C1(F)F. The molecular formula is C15H28F2O2Si. The molecule has 2 nitrogen and oxygen atoms in total. The zero-order chi connectivity index (χ0) is 15.9. The molecule has 1 atom stereocenters. The second-order valence-corrected chi connectivity index (χ2v) is 13.3. The van der Waals surface area contributed by atoms with E-state index in [-0.39, 0.29) is 29.5 Å². The molecule has 1 saturated carbocycles. The highest BCUT2D eigenvalue weighted by Gasteiger charge is 2.71. The summed E-state index contributed by atoms with van der Waals surface area (Å²) in [6.07, 6.45) is 0.298. The second-order valence-electron chi connectivity index (χ2n) is 7.11. The molecule has 1 rings (SSSR count). The number of halogens is 2. The predicted molar refractivity (Wildman–Crippen MR) is 79.8 cm³/mol. The number of Topliss-reactive ketones (excluding diaryl/α,β-unsaturated/α-hetero) is 1. The van der Waals surface area contributed by atoms with Crippen molar-refractivity contribution >= 4 is 13.9 Å². The van der Waals surface area contributed by atoms with Gasteiger partial charge in [-0.3, -0.25) is 4.79 Å². The lowest BCUT2D eigenvalue weighted by Crippen LogP contribution is -2.74. The van der Waals surface area contributed by atoms with Gasteiger partial charge in [-0.15, -0.1) is 0 Å². The summed E-state index contributed by atoms with van der Waals surface area (Å²) < 4.78 is 29.3. The van der Waals surface area contributed by atoms with Gasteiger partial charge in [0.05, 0.1) is 0 Å². The Balaban J connectivity index is 3.57. The Bertz CT molecular complexity index is 358. The van der Waals surface area contributed by atoms with Gasteiger partial charge in [-0.25, -0.2) is 0 Å². The summed E-state index contributed by atoms with van der Waals surface area (Å²) in [5.74, 6) is -4.68. The molecule has 0 aromatic rings. The largest absolute Gasteiger partial charge is 0.387 e. The average Bonchev–Trinajstić information content (AvgIpc) is 2.25. The molecular weight excluding hydrogens is 278 g/mol. The molecule has 0 amide bonds. The van der Waals surface area contributed by atoms with E-state index in [1.54, 1.807) is 0 Å². The summed E-state index contributed by atoms with van der Waals surface area (Å²) in [5.41, 5.74) is -0.0298. The Hall–Kier alpha value is -0.293. The van der Waals surface area contributed by atoms with Crippen LogP contribution in [0.4, 0.5) is 8.78 Å². The van der Waals surface area contributed by atoms with E-state index in [4.69, 9.17) is 0 Å². The molecule has 0 aliphatic heterocycles. The van der Waals surface area contributed by atoms with E-state index in [1.165, 1.54) is 0 Å². The quantitative estimate of drug-likeness (QED) is 0.785. The normalized spacial score (nSPS) is 27.7. The van der Waals surface area contributed by atoms with Crippen molar-refractivity contribution in [3.05, 3.63) is 0 Å². The maximum Gasteiger partial charge on any atom is 0.330 e. The van der Waals surface area contributed by atoms with E-state index >= 15 is 0 Å². The van der Waals surface area contributed by atoms with Crippen molar-refractivity contribution in [2.24, 2.45) is 0 Å². The number of hydrogen-bond acceptors (Lipinski definition) is 2. The van der Waals surface area contributed by atoms with Gasteiger partial charge in [0.2, 0.25) is 5.78 Å². The first kappa shape index (κ1) is 17.8. The number of rotatable bonds is 4. The highest BCUT2D eigenvalue weighted by Crippen LogP contribution is 2.57. The summed E-state index contributed by atoms with van der Waals surface area (Å²) in [5, 5.41) is 8.96. The standard InChI is InChI=1S/C15H28F2O2Si/c1-10(2)20(11(3)4,12(5)6)14(19)9-7-8-13(18)15(14,16)17/h10-12,19H,7-9H2,1-6H3. The number of aliphatic hydroxyl groups is 1. The summed E-state index contributed by atoms with van der Waals surface area (Å²) in [6.45, 7) is 11.6. The summed E-state index contributed by atoms with van der Waals surface area (Å²) in [7, 11) is -2.84. The lowest BCUT2D eigenvalue weighted by atomic mass is 9.91. The zero-order valence-corrected chi connectivity index (χ0v) is 14.5. The topological polar surface area (TPSA) is 37.3 Å². The third-order valence-electron chi connectivity index (χ3n) is 5.39. The van der Waals surface area contributed by atoms with Crippen LogP contribution in [0, 0.1) is 0 Å². The Morgan fingerprint density at radius 3 is 1.80 bits per heavy atom. The summed E-state index contributed by atoms with van der Waals surface area (Å²) in [4.78, 5) is 11.8. The molecule has 0 heterocycles. The van der Waals surface area contributed by atoms with Gasteiger partial charge < -0.3 is 5.11 Å². The van der Waals surface area contributed by atoms with Gasteiger partial charge in [0.1, 0.15) is 13.3 Å².